The van der Waals surface area contributed by atoms with E-state index in [1.807, 2.05) is 31.2 Å². The Labute approximate surface area is 134 Å². The van der Waals surface area contributed by atoms with E-state index < -0.39 is 5.97 Å². The molecule has 22 heavy (non-hydrogen) atoms. The van der Waals surface area contributed by atoms with E-state index >= 15 is 0 Å². The van der Waals surface area contributed by atoms with Gasteiger partial charge in [-0.3, -0.25) is 9.59 Å². The number of carbonyl (C=O) groups excluding carboxylic acids is 1. The van der Waals surface area contributed by atoms with Gasteiger partial charge in [0.1, 0.15) is 5.75 Å². The normalized spacial score (nSPS) is 20.6. The highest BCUT2D eigenvalue weighted by atomic mass is 32.2. The van der Waals surface area contributed by atoms with Crippen LogP contribution in [0, 0.1) is 5.92 Å². The highest BCUT2D eigenvalue weighted by Crippen LogP contribution is 2.26. The van der Waals surface area contributed by atoms with Crippen LogP contribution in [-0.4, -0.2) is 35.4 Å². The molecular formula is C16H21NO4S. The van der Waals surface area contributed by atoms with Crippen molar-refractivity contribution in [3.8, 4) is 5.75 Å². The van der Waals surface area contributed by atoms with Gasteiger partial charge in [-0.2, -0.15) is 0 Å². The Kier molecular flexibility index (Phi) is 6.12. The highest BCUT2D eigenvalue weighted by Gasteiger charge is 2.30. The van der Waals surface area contributed by atoms with E-state index in [0.717, 1.165) is 17.1 Å². The number of ether oxygens (including phenoxy) is 1. The minimum Gasteiger partial charge on any atom is -0.494 e. The van der Waals surface area contributed by atoms with E-state index in [1.165, 1.54) is 11.8 Å². The van der Waals surface area contributed by atoms with Crippen molar-refractivity contribution in [3.05, 3.63) is 24.3 Å². The number of carboxylic acids is 1. The van der Waals surface area contributed by atoms with Crippen LogP contribution in [0.4, 0.5) is 0 Å². The molecule has 1 fully saturated rings. The SMILES string of the molecule is CCOc1ccc(SCC(=O)N[C@H]2CC[C@@H](C(=O)O)C2)cc1. The molecule has 0 spiro atoms. The molecule has 1 aromatic rings. The molecule has 0 unspecified atom stereocenters. The third-order valence-corrected chi connectivity index (χ3v) is 4.66. The van der Waals surface area contributed by atoms with Crippen LogP contribution in [0.3, 0.4) is 0 Å². The molecule has 2 N–H and O–H groups in total. The van der Waals surface area contributed by atoms with Gasteiger partial charge in [-0.15, -0.1) is 11.8 Å². The van der Waals surface area contributed by atoms with Crippen molar-refractivity contribution in [3.63, 3.8) is 0 Å². The van der Waals surface area contributed by atoms with Crippen molar-refractivity contribution in [1.82, 2.24) is 5.32 Å². The second kappa shape index (κ2) is 8.08. The Bertz CT molecular complexity index is 517. The van der Waals surface area contributed by atoms with Crippen LogP contribution in [0.5, 0.6) is 5.75 Å². The summed E-state index contributed by atoms with van der Waals surface area (Å²) in [4.78, 5) is 23.8. The summed E-state index contributed by atoms with van der Waals surface area (Å²) < 4.78 is 5.37. The molecule has 1 saturated carbocycles. The molecule has 5 nitrogen and oxygen atoms in total. The van der Waals surface area contributed by atoms with Gasteiger partial charge >= 0.3 is 5.97 Å². The number of aliphatic carboxylic acids is 1. The molecule has 6 heteroatoms. The number of nitrogens with one attached hydrogen (secondary N) is 1. The minimum atomic E-state index is -0.763. The van der Waals surface area contributed by atoms with Crippen LogP contribution in [0.1, 0.15) is 26.2 Å². The highest BCUT2D eigenvalue weighted by molar-refractivity contribution is 8.00. The number of carboxylic acid groups (broad SMARTS) is 1. The molecule has 1 aromatic carbocycles. The number of benzene rings is 1. The van der Waals surface area contributed by atoms with E-state index in [0.29, 0.717) is 25.2 Å². The lowest BCUT2D eigenvalue weighted by Crippen LogP contribution is -2.34. The van der Waals surface area contributed by atoms with Gasteiger partial charge in [0.05, 0.1) is 18.3 Å². The number of rotatable bonds is 7. The van der Waals surface area contributed by atoms with Gasteiger partial charge in [0.2, 0.25) is 5.91 Å². The first-order valence-corrected chi connectivity index (χ1v) is 8.45. The fourth-order valence-electron chi connectivity index (χ4n) is 2.55. The number of hydrogen-bond acceptors (Lipinski definition) is 4. The zero-order chi connectivity index (χ0) is 15.9. The van der Waals surface area contributed by atoms with E-state index in [9.17, 15) is 9.59 Å². The smallest absolute Gasteiger partial charge is 0.306 e. The number of hydrogen-bond donors (Lipinski definition) is 2. The molecule has 0 heterocycles. The van der Waals surface area contributed by atoms with E-state index in [2.05, 4.69) is 5.32 Å². The van der Waals surface area contributed by atoms with Gasteiger partial charge in [-0.1, -0.05) is 0 Å². The first kappa shape index (κ1) is 16.7. The quantitative estimate of drug-likeness (QED) is 0.754. The zero-order valence-electron chi connectivity index (χ0n) is 12.6. The summed E-state index contributed by atoms with van der Waals surface area (Å²) in [5.74, 6) is 0.0313. The summed E-state index contributed by atoms with van der Waals surface area (Å²) in [5.41, 5.74) is 0. The largest absolute Gasteiger partial charge is 0.494 e. The van der Waals surface area contributed by atoms with Crippen LogP contribution >= 0.6 is 11.8 Å². The minimum absolute atomic E-state index is 0.00506. The van der Waals surface area contributed by atoms with Gasteiger partial charge < -0.3 is 15.2 Å². The Morgan fingerprint density at radius 2 is 2.05 bits per heavy atom. The maximum absolute atomic E-state index is 11.9. The van der Waals surface area contributed by atoms with Crippen molar-refractivity contribution >= 4 is 23.6 Å². The standard InChI is InChI=1S/C16H21NO4S/c1-2-21-13-5-7-14(8-6-13)22-10-15(18)17-12-4-3-11(9-12)16(19)20/h5-8,11-12H,2-4,9-10H2,1H3,(H,17,18)(H,19,20)/t11-,12+/m1/s1. The van der Waals surface area contributed by atoms with Gasteiger partial charge in [0, 0.05) is 10.9 Å². The monoisotopic (exact) mass is 323 g/mol. The van der Waals surface area contributed by atoms with Crippen LogP contribution in [0.15, 0.2) is 29.2 Å². The van der Waals surface area contributed by atoms with Crippen molar-refractivity contribution in [2.24, 2.45) is 5.92 Å². The summed E-state index contributed by atoms with van der Waals surface area (Å²) in [5, 5.41) is 11.9. The predicted octanol–water partition coefficient (Wildman–Crippen LogP) is 2.55. The topological polar surface area (TPSA) is 75.6 Å². The molecule has 0 saturated heterocycles. The first-order chi connectivity index (χ1) is 10.6. The lowest BCUT2D eigenvalue weighted by atomic mass is 10.1. The zero-order valence-corrected chi connectivity index (χ0v) is 13.4. The predicted molar refractivity (Wildman–Crippen MR) is 85.2 cm³/mol. The van der Waals surface area contributed by atoms with Crippen LogP contribution in [0.2, 0.25) is 0 Å². The van der Waals surface area contributed by atoms with Crippen molar-refractivity contribution in [1.29, 1.82) is 0 Å². The second-order valence-electron chi connectivity index (χ2n) is 5.31. The lowest BCUT2D eigenvalue weighted by molar-refractivity contribution is -0.141. The Morgan fingerprint density at radius 1 is 1.32 bits per heavy atom. The number of carbonyl (C=O) groups is 2. The molecule has 0 radical (unpaired) electrons. The van der Waals surface area contributed by atoms with Gasteiger partial charge in [-0.25, -0.2) is 0 Å². The van der Waals surface area contributed by atoms with Crippen molar-refractivity contribution < 1.29 is 19.4 Å². The Hall–Kier alpha value is -1.69. The fraction of sp³-hybridized carbons (Fsp3) is 0.500. The molecule has 1 aliphatic carbocycles. The average molecular weight is 323 g/mol. The van der Waals surface area contributed by atoms with E-state index in [4.69, 9.17) is 9.84 Å². The maximum atomic E-state index is 11.9. The first-order valence-electron chi connectivity index (χ1n) is 7.46. The van der Waals surface area contributed by atoms with E-state index in [1.54, 1.807) is 0 Å². The summed E-state index contributed by atoms with van der Waals surface area (Å²) >= 11 is 1.46. The molecular weight excluding hydrogens is 302 g/mol. The molecule has 2 rings (SSSR count). The van der Waals surface area contributed by atoms with E-state index in [-0.39, 0.29) is 17.9 Å². The van der Waals surface area contributed by atoms with Crippen LogP contribution in [-0.2, 0) is 9.59 Å². The number of thioether (sulfide) groups is 1. The molecule has 1 aliphatic rings. The van der Waals surface area contributed by atoms with Crippen molar-refractivity contribution in [2.45, 2.75) is 37.1 Å². The summed E-state index contributed by atoms with van der Waals surface area (Å²) in [6, 6.07) is 7.63. The molecule has 2 atom stereocenters. The molecule has 1 amide bonds. The summed E-state index contributed by atoms with van der Waals surface area (Å²) in [7, 11) is 0. The molecule has 0 aromatic heterocycles. The Morgan fingerprint density at radius 3 is 2.64 bits per heavy atom. The molecule has 0 bridgehead atoms. The maximum Gasteiger partial charge on any atom is 0.306 e. The van der Waals surface area contributed by atoms with Crippen molar-refractivity contribution in [2.75, 3.05) is 12.4 Å². The summed E-state index contributed by atoms with van der Waals surface area (Å²) in [6.07, 6.45) is 1.93. The van der Waals surface area contributed by atoms with Gasteiger partial charge in [0.25, 0.3) is 0 Å². The third-order valence-electron chi connectivity index (χ3n) is 3.65. The fourth-order valence-corrected chi connectivity index (χ4v) is 3.26. The number of amides is 1. The van der Waals surface area contributed by atoms with Gasteiger partial charge in [-0.05, 0) is 50.5 Å². The molecule has 0 aliphatic heterocycles. The van der Waals surface area contributed by atoms with Gasteiger partial charge in [0.15, 0.2) is 0 Å². The third kappa shape index (κ3) is 4.94. The lowest BCUT2D eigenvalue weighted by Gasteiger charge is -2.12. The Balaban J connectivity index is 1.72. The second-order valence-corrected chi connectivity index (χ2v) is 6.35. The summed E-state index contributed by atoms with van der Waals surface area (Å²) in [6.45, 7) is 2.57. The average Bonchev–Trinajstić information content (AvgIpc) is 2.95. The molecule has 120 valence electrons. The van der Waals surface area contributed by atoms with Crippen LogP contribution < -0.4 is 10.1 Å². The van der Waals surface area contributed by atoms with Crippen LogP contribution in [0.25, 0.3) is 0 Å².